The third kappa shape index (κ3) is 4.14. The molecule has 0 bridgehead atoms. The van der Waals surface area contributed by atoms with E-state index in [4.69, 9.17) is 0 Å². The van der Waals surface area contributed by atoms with Crippen molar-refractivity contribution in [3.05, 3.63) is 57.2 Å². The van der Waals surface area contributed by atoms with Gasteiger partial charge < -0.3 is 10.2 Å². The average Bonchev–Trinajstić information content (AvgIpc) is 3.41. The molecule has 0 atom stereocenters. The quantitative estimate of drug-likeness (QED) is 0.657. The van der Waals surface area contributed by atoms with Crippen LogP contribution in [0, 0.1) is 6.92 Å². The number of nitrogens with one attached hydrogen (secondary N) is 1. The Morgan fingerprint density at radius 2 is 1.96 bits per heavy atom. The molecule has 0 unspecified atom stereocenters. The number of carbonyl (C=O) groups is 2. The Labute approximate surface area is 175 Å². The van der Waals surface area contributed by atoms with Gasteiger partial charge in [-0.15, -0.1) is 11.3 Å². The Morgan fingerprint density at radius 1 is 1.14 bits per heavy atom. The van der Waals surface area contributed by atoms with Gasteiger partial charge in [-0.1, -0.05) is 0 Å². The van der Waals surface area contributed by atoms with E-state index < -0.39 is 0 Å². The van der Waals surface area contributed by atoms with Gasteiger partial charge in [-0.2, -0.15) is 23.1 Å². The van der Waals surface area contributed by atoms with Gasteiger partial charge in [0.15, 0.2) is 0 Å². The first-order chi connectivity index (χ1) is 13.6. The molecular weight excluding hydrogens is 410 g/mol. The highest BCUT2D eigenvalue weighted by atomic mass is 32.2. The summed E-state index contributed by atoms with van der Waals surface area (Å²) in [4.78, 5) is 31.5. The predicted molar refractivity (Wildman–Crippen MR) is 118 cm³/mol. The van der Waals surface area contributed by atoms with Crippen molar-refractivity contribution in [3.63, 3.8) is 0 Å². The fourth-order valence-corrected chi connectivity index (χ4v) is 5.38. The minimum Gasteiger partial charge on any atom is -0.337 e. The van der Waals surface area contributed by atoms with Gasteiger partial charge in [0.1, 0.15) is 10.7 Å². The molecule has 2 amide bonds. The SMILES string of the molecule is Cc1cc(C(=O)N2CCSCC2)ccc1NC(=O)c1csc(-c2ccsc2)n1. The number of benzene rings is 1. The number of amides is 2. The molecule has 144 valence electrons. The van der Waals surface area contributed by atoms with Gasteiger partial charge in [-0.05, 0) is 42.1 Å². The molecular formula is C20H19N3O2S3. The Bertz CT molecular complexity index is 992. The van der Waals surface area contributed by atoms with Gasteiger partial charge in [0.2, 0.25) is 0 Å². The molecule has 2 aromatic heterocycles. The van der Waals surface area contributed by atoms with E-state index in [2.05, 4.69) is 10.3 Å². The van der Waals surface area contributed by atoms with Crippen LogP contribution in [0.1, 0.15) is 26.4 Å². The standard InChI is InChI=1S/C20H19N3O2S3/c1-13-10-14(20(25)23-5-8-26-9-6-23)2-3-16(13)21-18(24)17-12-28-19(22-17)15-4-7-27-11-15/h2-4,7,10-12H,5-6,8-9H2,1H3,(H,21,24). The summed E-state index contributed by atoms with van der Waals surface area (Å²) >= 11 is 4.94. The molecule has 1 saturated heterocycles. The molecule has 8 heteroatoms. The van der Waals surface area contributed by atoms with Crippen LogP contribution in [-0.2, 0) is 0 Å². The van der Waals surface area contributed by atoms with Crippen molar-refractivity contribution in [2.45, 2.75) is 6.92 Å². The van der Waals surface area contributed by atoms with Crippen molar-refractivity contribution < 1.29 is 9.59 Å². The fraction of sp³-hybridized carbons (Fsp3) is 0.250. The second kappa shape index (κ2) is 8.46. The van der Waals surface area contributed by atoms with Crippen molar-refractivity contribution in [2.75, 3.05) is 29.9 Å². The number of thiophene rings is 1. The van der Waals surface area contributed by atoms with Gasteiger partial charge in [-0.25, -0.2) is 4.98 Å². The number of nitrogens with zero attached hydrogens (tertiary/aromatic N) is 2. The van der Waals surface area contributed by atoms with Crippen LogP contribution in [0.4, 0.5) is 5.69 Å². The molecule has 0 radical (unpaired) electrons. The molecule has 1 aromatic carbocycles. The number of hydrogen-bond donors (Lipinski definition) is 1. The highest BCUT2D eigenvalue weighted by molar-refractivity contribution is 7.99. The van der Waals surface area contributed by atoms with E-state index in [1.165, 1.54) is 11.3 Å². The van der Waals surface area contributed by atoms with Gasteiger partial charge in [-0.3, -0.25) is 9.59 Å². The molecule has 4 rings (SSSR count). The zero-order chi connectivity index (χ0) is 19.5. The van der Waals surface area contributed by atoms with E-state index >= 15 is 0 Å². The van der Waals surface area contributed by atoms with Crippen molar-refractivity contribution in [3.8, 4) is 10.6 Å². The lowest BCUT2D eigenvalue weighted by molar-refractivity contribution is 0.0772. The van der Waals surface area contributed by atoms with E-state index in [1.807, 2.05) is 46.5 Å². The number of aromatic nitrogens is 1. The number of thiazole rings is 1. The number of hydrogen-bond acceptors (Lipinski definition) is 6. The topological polar surface area (TPSA) is 62.3 Å². The molecule has 1 aliphatic heterocycles. The molecule has 0 spiro atoms. The smallest absolute Gasteiger partial charge is 0.275 e. The first-order valence-corrected chi connectivity index (χ1v) is 11.9. The molecule has 1 N–H and O–H groups in total. The second-order valence-corrected chi connectivity index (χ2v) is 9.30. The Hall–Kier alpha value is -2.16. The molecule has 3 heterocycles. The predicted octanol–water partition coefficient (Wildman–Crippen LogP) is 4.62. The van der Waals surface area contributed by atoms with Crippen molar-refractivity contribution in [1.82, 2.24) is 9.88 Å². The number of carbonyl (C=O) groups excluding carboxylic acids is 2. The van der Waals surface area contributed by atoms with Crippen LogP contribution in [0.15, 0.2) is 40.4 Å². The van der Waals surface area contributed by atoms with Crippen LogP contribution in [-0.4, -0.2) is 46.3 Å². The Kier molecular flexibility index (Phi) is 5.79. The lowest BCUT2D eigenvalue weighted by atomic mass is 10.1. The average molecular weight is 430 g/mol. The highest BCUT2D eigenvalue weighted by Gasteiger charge is 2.19. The van der Waals surface area contributed by atoms with Crippen LogP contribution in [0.2, 0.25) is 0 Å². The third-order valence-corrected chi connectivity index (χ3v) is 7.04. The molecule has 3 aromatic rings. The molecule has 28 heavy (non-hydrogen) atoms. The zero-order valence-corrected chi connectivity index (χ0v) is 17.8. The summed E-state index contributed by atoms with van der Waals surface area (Å²) in [6.07, 6.45) is 0. The minimum atomic E-state index is -0.243. The number of thioether (sulfide) groups is 1. The van der Waals surface area contributed by atoms with E-state index in [0.29, 0.717) is 16.9 Å². The molecule has 5 nitrogen and oxygen atoms in total. The summed E-state index contributed by atoms with van der Waals surface area (Å²) in [5.74, 6) is 1.79. The molecule has 0 saturated carbocycles. The van der Waals surface area contributed by atoms with Crippen LogP contribution < -0.4 is 5.32 Å². The largest absolute Gasteiger partial charge is 0.337 e. The van der Waals surface area contributed by atoms with Crippen LogP contribution in [0.25, 0.3) is 10.6 Å². The molecule has 0 aliphatic carbocycles. The molecule has 1 fully saturated rings. The third-order valence-electron chi connectivity index (χ3n) is 4.52. The minimum absolute atomic E-state index is 0.0567. The number of anilines is 1. The summed E-state index contributed by atoms with van der Waals surface area (Å²) in [6, 6.07) is 7.42. The van der Waals surface area contributed by atoms with Gasteiger partial charge >= 0.3 is 0 Å². The lowest BCUT2D eigenvalue weighted by Crippen LogP contribution is -2.37. The van der Waals surface area contributed by atoms with Gasteiger partial charge in [0, 0.05) is 52.2 Å². The molecule has 1 aliphatic rings. The Morgan fingerprint density at radius 3 is 2.68 bits per heavy atom. The number of aryl methyl sites for hydroxylation is 1. The van der Waals surface area contributed by atoms with Crippen LogP contribution in [0.5, 0.6) is 0 Å². The van der Waals surface area contributed by atoms with E-state index in [9.17, 15) is 9.59 Å². The van der Waals surface area contributed by atoms with E-state index in [-0.39, 0.29) is 11.8 Å². The van der Waals surface area contributed by atoms with Crippen LogP contribution >= 0.6 is 34.4 Å². The maximum Gasteiger partial charge on any atom is 0.275 e. The zero-order valence-electron chi connectivity index (χ0n) is 15.3. The van der Waals surface area contributed by atoms with E-state index in [0.717, 1.165) is 40.7 Å². The summed E-state index contributed by atoms with van der Waals surface area (Å²) in [7, 11) is 0. The number of rotatable bonds is 4. The van der Waals surface area contributed by atoms with Crippen LogP contribution in [0.3, 0.4) is 0 Å². The monoisotopic (exact) mass is 429 g/mol. The van der Waals surface area contributed by atoms with Crippen molar-refractivity contribution >= 4 is 51.9 Å². The highest BCUT2D eigenvalue weighted by Crippen LogP contribution is 2.26. The second-order valence-electron chi connectivity index (χ2n) is 6.44. The van der Waals surface area contributed by atoms with Crippen molar-refractivity contribution in [1.29, 1.82) is 0 Å². The van der Waals surface area contributed by atoms with E-state index in [1.54, 1.807) is 28.8 Å². The summed E-state index contributed by atoms with van der Waals surface area (Å²) in [5, 5.41) is 9.52. The summed E-state index contributed by atoms with van der Waals surface area (Å²) in [6.45, 7) is 3.48. The summed E-state index contributed by atoms with van der Waals surface area (Å²) < 4.78 is 0. The van der Waals surface area contributed by atoms with Gasteiger partial charge in [0.05, 0.1) is 0 Å². The van der Waals surface area contributed by atoms with Gasteiger partial charge in [0.25, 0.3) is 11.8 Å². The maximum atomic E-state index is 12.6. The maximum absolute atomic E-state index is 12.6. The van der Waals surface area contributed by atoms with Crippen molar-refractivity contribution in [2.24, 2.45) is 0 Å². The summed E-state index contributed by atoms with van der Waals surface area (Å²) in [5.41, 5.74) is 3.65. The Balaban J connectivity index is 1.46. The lowest BCUT2D eigenvalue weighted by Gasteiger charge is -2.26. The first-order valence-electron chi connectivity index (χ1n) is 8.89. The first kappa shape index (κ1) is 19.2. The fourth-order valence-electron chi connectivity index (χ4n) is 2.97. The normalized spacial score (nSPS) is 14.1.